The Morgan fingerprint density at radius 2 is 2.06 bits per heavy atom. The van der Waals surface area contributed by atoms with Crippen LogP contribution in [0, 0.1) is 0 Å². The summed E-state index contributed by atoms with van der Waals surface area (Å²) < 4.78 is 4.99. The van der Waals surface area contributed by atoms with Gasteiger partial charge in [-0.3, -0.25) is 4.90 Å². The van der Waals surface area contributed by atoms with Crippen LogP contribution in [0.3, 0.4) is 0 Å². The van der Waals surface area contributed by atoms with Crippen LogP contribution in [0.15, 0.2) is 30.3 Å². The van der Waals surface area contributed by atoms with E-state index in [0.717, 1.165) is 10.5 Å². The van der Waals surface area contributed by atoms with E-state index in [2.05, 4.69) is 0 Å². The van der Waals surface area contributed by atoms with Crippen molar-refractivity contribution in [3.8, 4) is 0 Å². The second-order valence-corrected chi connectivity index (χ2v) is 4.19. The molecule has 0 saturated carbocycles. The molecule has 0 unspecified atom stereocenters. The van der Waals surface area contributed by atoms with E-state index in [1.54, 1.807) is 0 Å². The van der Waals surface area contributed by atoms with Gasteiger partial charge in [0.1, 0.15) is 12.1 Å². The molecule has 0 aliphatic carbocycles. The van der Waals surface area contributed by atoms with Crippen LogP contribution >= 0.6 is 0 Å². The number of hydrogen-bond acceptors (Lipinski definition) is 4. The van der Waals surface area contributed by atoms with Crippen molar-refractivity contribution in [2.24, 2.45) is 0 Å². The monoisotopic (exact) mass is 234 g/mol. The van der Waals surface area contributed by atoms with Crippen LogP contribution in [-0.2, 0) is 16.1 Å². The van der Waals surface area contributed by atoms with Crippen LogP contribution in [-0.4, -0.2) is 29.0 Å². The SMILES string of the molecule is C[C@@]1(C(=O)[O-])CN1C(=O)OCc1ccccc1. The highest BCUT2D eigenvalue weighted by molar-refractivity contribution is 5.88. The zero-order valence-electron chi connectivity index (χ0n) is 9.38. The lowest BCUT2D eigenvalue weighted by atomic mass is 10.2. The summed E-state index contributed by atoms with van der Waals surface area (Å²) in [6.45, 7) is 1.72. The Morgan fingerprint density at radius 3 is 2.59 bits per heavy atom. The topological polar surface area (TPSA) is 69.4 Å². The van der Waals surface area contributed by atoms with Crippen molar-refractivity contribution in [2.75, 3.05) is 6.54 Å². The molecule has 1 aliphatic heterocycles. The van der Waals surface area contributed by atoms with Crippen molar-refractivity contribution in [1.82, 2.24) is 4.90 Å². The molecule has 17 heavy (non-hydrogen) atoms. The number of aliphatic carboxylic acids is 1. The zero-order valence-corrected chi connectivity index (χ0v) is 9.38. The Kier molecular flexibility index (Phi) is 2.75. The normalized spacial score (nSPS) is 22.1. The number of ether oxygens (including phenoxy) is 1. The fraction of sp³-hybridized carbons (Fsp3) is 0.333. The van der Waals surface area contributed by atoms with Gasteiger partial charge in [-0.25, -0.2) is 4.79 Å². The number of carbonyl (C=O) groups is 2. The predicted molar refractivity (Wildman–Crippen MR) is 56.7 cm³/mol. The van der Waals surface area contributed by atoms with E-state index < -0.39 is 17.6 Å². The molecular formula is C12H12NO4-. The number of carboxylic acid groups (broad SMARTS) is 1. The second-order valence-electron chi connectivity index (χ2n) is 4.19. The summed E-state index contributed by atoms with van der Waals surface area (Å²) in [4.78, 5) is 23.4. The van der Waals surface area contributed by atoms with Gasteiger partial charge < -0.3 is 14.6 Å². The number of amides is 1. The van der Waals surface area contributed by atoms with E-state index in [1.165, 1.54) is 6.92 Å². The van der Waals surface area contributed by atoms with Gasteiger partial charge in [-0.15, -0.1) is 0 Å². The molecule has 2 rings (SSSR count). The third-order valence-electron chi connectivity index (χ3n) is 2.82. The number of rotatable bonds is 3. The molecular weight excluding hydrogens is 222 g/mol. The smallest absolute Gasteiger partial charge is 0.411 e. The summed E-state index contributed by atoms with van der Waals surface area (Å²) in [5, 5.41) is 10.7. The molecule has 0 spiro atoms. The molecule has 1 heterocycles. The van der Waals surface area contributed by atoms with E-state index in [-0.39, 0.29) is 13.2 Å². The fourth-order valence-corrected chi connectivity index (χ4v) is 1.51. The minimum absolute atomic E-state index is 0.138. The molecule has 1 aliphatic rings. The van der Waals surface area contributed by atoms with E-state index in [9.17, 15) is 14.7 Å². The Labute approximate surface area is 98.6 Å². The number of carbonyl (C=O) groups excluding carboxylic acids is 2. The molecule has 1 aromatic carbocycles. The third-order valence-corrected chi connectivity index (χ3v) is 2.82. The van der Waals surface area contributed by atoms with Crippen LogP contribution in [0.5, 0.6) is 0 Å². The van der Waals surface area contributed by atoms with Gasteiger partial charge in [0.25, 0.3) is 0 Å². The third kappa shape index (κ3) is 2.22. The summed E-state index contributed by atoms with van der Waals surface area (Å²) in [7, 11) is 0. The maximum absolute atomic E-state index is 11.5. The molecule has 90 valence electrons. The molecule has 0 N–H and O–H groups in total. The quantitative estimate of drug-likeness (QED) is 0.698. The van der Waals surface area contributed by atoms with Gasteiger partial charge >= 0.3 is 6.09 Å². The van der Waals surface area contributed by atoms with Crippen molar-refractivity contribution in [3.05, 3.63) is 35.9 Å². The van der Waals surface area contributed by atoms with Crippen LogP contribution in [0.2, 0.25) is 0 Å². The predicted octanol–water partition coefficient (Wildman–Crippen LogP) is 0.147. The largest absolute Gasteiger partial charge is 0.548 e. The number of hydrogen-bond donors (Lipinski definition) is 0. The van der Waals surface area contributed by atoms with Crippen molar-refractivity contribution >= 4 is 12.1 Å². The van der Waals surface area contributed by atoms with E-state index in [0.29, 0.717) is 0 Å². The molecule has 1 saturated heterocycles. The van der Waals surface area contributed by atoms with Gasteiger partial charge in [0.05, 0.1) is 12.5 Å². The molecule has 5 heteroatoms. The van der Waals surface area contributed by atoms with Crippen molar-refractivity contribution < 1.29 is 19.4 Å². The van der Waals surface area contributed by atoms with Gasteiger partial charge in [0.15, 0.2) is 0 Å². The lowest BCUT2D eigenvalue weighted by Gasteiger charge is -2.13. The van der Waals surface area contributed by atoms with Crippen LogP contribution < -0.4 is 5.11 Å². The summed E-state index contributed by atoms with van der Waals surface area (Å²) in [5.74, 6) is -1.26. The van der Waals surface area contributed by atoms with Gasteiger partial charge in [0.2, 0.25) is 0 Å². The molecule has 1 fully saturated rings. The first kappa shape index (κ1) is 11.4. The minimum Gasteiger partial charge on any atom is -0.548 e. The van der Waals surface area contributed by atoms with Crippen LogP contribution in [0.4, 0.5) is 4.79 Å². The fourth-order valence-electron chi connectivity index (χ4n) is 1.51. The molecule has 5 nitrogen and oxygen atoms in total. The highest BCUT2D eigenvalue weighted by atomic mass is 16.6. The van der Waals surface area contributed by atoms with Gasteiger partial charge in [0, 0.05) is 0 Å². The Hall–Kier alpha value is -2.04. The number of benzene rings is 1. The summed E-state index contributed by atoms with van der Waals surface area (Å²) in [5.41, 5.74) is -0.342. The van der Waals surface area contributed by atoms with Gasteiger partial charge in [-0.2, -0.15) is 0 Å². The zero-order chi connectivity index (χ0) is 12.5. The molecule has 0 bridgehead atoms. The molecule has 1 atom stereocenters. The average molecular weight is 234 g/mol. The number of nitrogens with zero attached hydrogens (tertiary/aromatic N) is 1. The summed E-state index contributed by atoms with van der Waals surface area (Å²) in [6, 6.07) is 9.20. The van der Waals surface area contributed by atoms with Crippen LogP contribution in [0.1, 0.15) is 12.5 Å². The van der Waals surface area contributed by atoms with Crippen molar-refractivity contribution in [3.63, 3.8) is 0 Å². The molecule has 0 radical (unpaired) electrons. The minimum atomic E-state index is -1.26. The molecule has 1 aromatic rings. The maximum Gasteiger partial charge on any atom is 0.411 e. The molecule has 0 aromatic heterocycles. The Morgan fingerprint density at radius 1 is 1.41 bits per heavy atom. The first-order valence-electron chi connectivity index (χ1n) is 5.24. The average Bonchev–Trinajstić information content (AvgIpc) is 3.02. The summed E-state index contributed by atoms with van der Waals surface area (Å²) in [6.07, 6.45) is -0.624. The van der Waals surface area contributed by atoms with E-state index in [4.69, 9.17) is 4.74 Å². The first-order valence-corrected chi connectivity index (χ1v) is 5.24. The van der Waals surface area contributed by atoms with Crippen molar-refractivity contribution in [1.29, 1.82) is 0 Å². The van der Waals surface area contributed by atoms with Gasteiger partial charge in [-0.1, -0.05) is 30.3 Å². The van der Waals surface area contributed by atoms with E-state index >= 15 is 0 Å². The van der Waals surface area contributed by atoms with Crippen molar-refractivity contribution in [2.45, 2.75) is 19.1 Å². The first-order chi connectivity index (χ1) is 8.04. The maximum atomic E-state index is 11.5. The standard InChI is InChI=1S/C12H13NO4/c1-12(10(14)15)8-13(12)11(16)17-7-9-5-3-2-4-6-9/h2-6H,7-8H2,1H3,(H,14,15)/p-1/t12-,13?/m0/s1. The lowest BCUT2D eigenvalue weighted by Crippen LogP contribution is -2.40. The van der Waals surface area contributed by atoms with E-state index in [1.807, 2.05) is 30.3 Å². The number of carboxylic acids is 1. The lowest BCUT2D eigenvalue weighted by molar-refractivity contribution is -0.309. The highest BCUT2D eigenvalue weighted by Crippen LogP contribution is 2.31. The second kappa shape index (κ2) is 4.08. The van der Waals surface area contributed by atoms with Gasteiger partial charge in [-0.05, 0) is 12.5 Å². The van der Waals surface area contributed by atoms with Crippen LogP contribution in [0.25, 0.3) is 0 Å². The summed E-state index contributed by atoms with van der Waals surface area (Å²) >= 11 is 0. The highest BCUT2D eigenvalue weighted by Gasteiger charge is 2.53. The molecule has 1 amide bonds. The Bertz CT molecular complexity index is 445. The Balaban J connectivity index is 1.86.